The summed E-state index contributed by atoms with van der Waals surface area (Å²) in [4.78, 5) is 37.4. The molecular formula is C21H21F3N2O4S. The molecule has 6 nitrogen and oxygen atoms in total. The number of halogens is 3. The van der Waals surface area contributed by atoms with Crippen LogP contribution in [0.15, 0.2) is 18.2 Å². The van der Waals surface area contributed by atoms with Gasteiger partial charge in [0.15, 0.2) is 24.1 Å². The van der Waals surface area contributed by atoms with Crippen molar-refractivity contribution < 1.29 is 32.3 Å². The molecule has 0 aliphatic heterocycles. The zero-order valence-electron chi connectivity index (χ0n) is 16.7. The summed E-state index contributed by atoms with van der Waals surface area (Å²) < 4.78 is 44.6. The van der Waals surface area contributed by atoms with Crippen molar-refractivity contribution in [2.24, 2.45) is 5.92 Å². The van der Waals surface area contributed by atoms with Crippen LogP contribution in [0.25, 0.3) is 0 Å². The van der Waals surface area contributed by atoms with E-state index in [2.05, 4.69) is 12.2 Å². The molecule has 1 aromatic heterocycles. The zero-order chi connectivity index (χ0) is 22.5. The largest absolute Gasteiger partial charge is 0.451 e. The first-order valence-corrected chi connectivity index (χ1v) is 10.6. The molecule has 31 heavy (non-hydrogen) atoms. The molecule has 2 N–H and O–H groups in total. The maximum absolute atomic E-state index is 13.5. The highest BCUT2D eigenvalue weighted by Gasteiger charge is 2.23. The SMILES string of the molecule is CC[C@@H]1CCc2sc(C(=O)OCC(=O)NCC(=O)Nc3ccc(F)c(F)c3F)cc2C1. The Morgan fingerprint density at radius 2 is 1.94 bits per heavy atom. The molecule has 0 saturated heterocycles. The Hall–Kier alpha value is -2.88. The highest BCUT2D eigenvalue weighted by molar-refractivity contribution is 7.14. The molecule has 0 bridgehead atoms. The van der Waals surface area contributed by atoms with Gasteiger partial charge in [0.25, 0.3) is 5.91 Å². The lowest BCUT2D eigenvalue weighted by Crippen LogP contribution is -2.35. The summed E-state index contributed by atoms with van der Waals surface area (Å²) in [6, 6.07) is 3.33. The van der Waals surface area contributed by atoms with Crippen LogP contribution in [0.1, 0.15) is 39.9 Å². The minimum Gasteiger partial charge on any atom is -0.451 e. The van der Waals surface area contributed by atoms with Crippen LogP contribution in [0.4, 0.5) is 18.9 Å². The van der Waals surface area contributed by atoms with E-state index in [1.54, 1.807) is 0 Å². The number of benzene rings is 1. The summed E-state index contributed by atoms with van der Waals surface area (Å²) in [5, 5.41) is 4.22. The van der Waals surface area contributed by atoms with Gasteiger partial charge in [-0.15, -0.1) is 11.3 Å². The Labute approximate surface area is 180 Å². The number of hydrogen-bond donors (Lipinski definition) is 2. The predicted octanol–water partition coefficient (Wildman–Crippen LogP) is 3.59. The standard InChI is InChI=1S/C21H21F3N2O4S/c1-2-11-3-6-15-12(7-11)8-16(31-15)21(29)30-10-18(28)25-9-17(27)26-14-5-4-13(22)19(23)20(14)24/h4-5,8,11H,2-3,6-7,9-10H2,1H3,(H,25,28)(H,26,27)/t11-/m1/s1. The Kier molecular flexibility index (Phi) is 7.32. The number of nitrogens with one attached hydrogen (secondary N) is 2. The van der Waals surface area contributed by atoms with Crippen LogP contribution in [-0.2, 0) is 27.2 Å². The molecule has 1 aliphatic rings. The van der Waals surface area contributed by atoms with Gasteiger partial charge in [-0.2, -0.15) is 0 Å². The maximum atomic E-state index is 13.5. The van der Waals surface area contributed by atoms with Gasteiger partial charge >= 0.3 is 5.97 Å². The number of aryl methyl sites for hydroxylation is 1. The molecule has 1 aliphatic carbocycles. The summed E-state index contributed by atoms with van der Waals surface area (Å²) in [6.07, 6.45) is 4.05. The average molecular weight is 454 g/mol. The van der Waals surface area contributed by atoms with Gasteiger partial charge in [-0.25, -0.2) is 18.0 Å². The summed E-state index contributed by atoms with van der Waals surface area (Å²) in [6.45, 7) is 0.983. The molecule has 1 heterocycles. The lowest BCUT2D eigenvalue weighted by molar-refractivity contribution is -0.126. The molecule has 2 aromatic rings. The highest BCUT2D eigenvalue weighted by Crippen LogP contribution is 2.33. The van der Waals surface area contributed by atoms with Crippen molar-refractivity contribution in [3.8, 4) is 0 Å². The van der Waals surface area contributed by atoms with E-state index in [1.807, 2.05) is 11.4 Å². The minimum absolute atomic E-state index is 0.432. The fourth-order valence-electron chi connectivity index (χ4n) is 3.30. The quantitative estimate of drug-likeness (QED) is 0.495. The number of ether oxygens (including phenoxy) is 1. The molecule has 0 spiro atoms. The van der Waals surface area contributed by atoms with E-state index in [0.29, 0.717) is 16.9 Å². The zero-order valence-corrected chi connectivity index (χ0v) is 17.5. The smallest absolute Gasteiger partial charge is 0.348 e. The van der Waals surface area contributed by atoms with Crippen LogP contribution in [-0.4, -0.2) is 30.9 Å². The van der Waals surface area contributed by atoms with Crippen LogP contribution in [0.3, 0.4) is 0 Å². The van der Waals surface area contributed by atoms with Crippen LogP contribution in [0.5, 0.6) is 0 Å². The molecule has 10 heteroatoms. The molecule has 0 radical (unpaired) electrons. The minimum atomic E-state index is -1.71. The fourth-order valence-corrected chi connectivity index (χ4v) is 4.40. The molecule has 0 fully saturated rings. The van der Waals surface area contributed by atoms with Crippen molar-refractivity contribution in [2.75, 3.05) is 18.5 Å². The third kappa shape index (κ3) is 5.63. The lowest BCUT2D eigenvalue weighted by Gasteiger charge is -2.19. The van der Waals surface area contributed by atoms with E-state index >= 15 is 0 Å². The van der Waals surface area contributed by atoms with E-state index in [9.17, 15) is 27.6 Å². The highest BCUT2D eigenvalue weighted by atomic mass is 32.1. The second-order valence-electron chi connectivity index (χ2n) is 7.20. The van der Waals surface area contributed by atoms with Gasteiger partial charge in [-0.3, -0.25) is 9.59 Å². The number of thiophene rings is 1. The van der Waals surface area contributed by atoms with Gasteiger partial charge in [0.2, 0.25) is 5.91 Å². The van der Waals surface area contributed by atoms with Crippen molar-refractivity contribution >= 4 is 34.8 Å². The van der Waals surface area contributed by atoms with E-state index < -0.39 is 54.1 Å². The average Bonchev–Trinajstić information content (AvgIpc) is 3.19. The normalized spacial score (nSPS) is 15.2. The van der Waals surface area contributed by atoms with E-state index in [-0.39, 0.29) is 0 Å². The number of amides is 2. The number of rotatable bonds is 7. The van der Waals surface area contributed by atoms with Gasteiger partial charge in [-0.1, -0.05) is 13.3 Å². The van der Waals surface area contributed by atoms with Crippen molar-refractivity contribution in [1.82, 2.24) is 5.32 Å². The van der Waals surface area contributed by atoms with Crippen molar-refractivity contribution in [2.45, 2.75) is 32.6 Å². The molecule has 1 atom stereocenters. The number of anilines is 1. The third-order valence-corrected chi connectivity index (χ3v) is 6.27. The van der Waals surface area contributed by atoms with Crippen molar-refractivity contribution in [3.63, 3.8) is 0 Å². The molecule has 166 valence electrons. The summed E-state index contributed by atoms with van der Waals surface area (Å²) in [5.74, 6) is -6.24. The first-order valence-electron chi connectivity index (χ1n) is 9.77. The van der Waals surface area contributed by atoms with Crippen LogP contribution >= 0.6 is 11.3 Å². The first kappa shape index (κ1) is 22.8. The van der Waals surface area contributed by atoms with Gasteiger partial charge in [0, 0.05) is 4.88 Å². The van der Waals surface area contributed by atoms with E-state index in [4.69, 9.17) is 4.74 Å². The summed E-state index contributed by atoms with van der Waals surface area (Å²) in [5.41, 5.74) is 0.595. The molecular weight excluding hydrogens is 433 g/mol. The number of esters is 1. The van der Waals surface area contributed by atoms with Crippen molar-refractivity contribution in [3.05, 3.63) is 51.0 Å². The lowest BCUT2D eigenvalue weighted by atomic mass is 9.87. The Morgan fingerprint density at radius 1 is 1.16 bits per heavy atom. The van der Waals surface area contributed by atoms with Crippen LogP contribution < -0.4 is 10.6 Å². The molecule has 3 rings (SSSR count). The maximum Gasteiger partial charge on any atom is 0.348 e. The second kappa shape index (κ2) is 9.95. The van der Waals surface area contributed by atoms with E-state index in [0.717, 1.165) is 37.3 Å². The molecule has 0 saturated carbocycles. The van der Waals surface area contributed by atoms with Gasteiger partial charge in [-0.05, 0) is 48.9 Å². The molecule has 2 amide bonds. The Bertz CT molecular complexity index is 1010. The van der Waals surface area contributed by atoms with Gasteiger partial charge in [0.05, 0.1) is 12.2 Å². The second-order valence-corrected chi connectivity index (χ2v) is 8.34. The summed E-state index contributed by atoms with van der Waals surface area (Å²) in [7, 11) is 0. The Morgan fingerprint density at radius 3 is 2.68 bits per heavy atom. The molecule has 0 unspecified atom stereocenters. The molecule has 1 aromatic carbocycles. The number of fused-ring (bicyclic) bond motifs is 1. The van der Waals surface area contributed by atoms with Crippen LogP contribution in [0, 0.1) is 23.4 Å². The Balaban J connectivity index is 1.44. The van der Waals surface area contributed by atoms with Crippen LogP contribution in [0.2, 0.25) is 0 Å². The number of carbonyl (C=O) groups is 3. The number of hydrogen-bond acceptors (Lipinski definition) is 5. The summed E-state index contributed by atoms with van der Waals surface area (Å²) >= 11 is 1.37. The van der Waals surface area contributed by atoms with Gasteiger partial charge < -0.3 is 15.4 Å². The van der Waals surface area contributed by atoms with Crippen molar-refractivity contribution in [1.29, 1.82) is 0 Å². The predicted molar refractivity (Wildman–Crippen MR) is 108 cm³/mol. The first-order chi connectivity index (χ1) is 14.8. The van der Waals surface area contributed by atoms with E-state index in [1.165, 1.54) is 16.2 Å². The number of carbonyl (C=O) groups excluding carboxylic acids is 3. The topological polar surface area (TPSA) is 84.5 Å². The third-order valence-electron chi connectivity index (χ3n) is 5.05. The monoisotopic (exact) mass is 454 g/mol. The van der Waals surface area contributed by atoms with Gasteiger partial charge in [0.1, 0.15) is 4.88 Å². The fraction of sp³-hybridized carbons (Fsp3) is 0.381.